The highest BCUT2D eigenvalue weighted by Gasteiger charge is 2.38. The van der Waals surface area contributed by atoms with Gasteiger partial charge in [0.25, 0.3) is 5.91 Å². The molecule has 1 aliphatic carbocycles. The zero-order valence-electron chi connectivity index (χ0n) is 32.9. The van der Waals surface area contributed by atoms with Gasteiger partial charge in [0.05, 0.1) is 17.9 Å². The van der Waals surface area contributed by atoms with Crippen LogP contribution in [0.15, 0.2) is 91.4 Å². The van der Waals surface area contributed by atoms with Crippen molar-refractivity contribution in [3.63, 3.8) is 0 Å². The van der Waals surface area contributed by atoms with Crippen molar-refractivity contribution in [1.82, 2.24) is 35.9 Å². The summed E-state index contributed by atoms with van der Waals surface area (Å²) in [7, 11) is 0. The number of rotatable bonds is 11. The third-order valence-corrected chi connectivity index (χ3v) is 9.20. The summed E-state index contributed by atoms with van der Waals surface area (Å²) in [4.78, 5) is 59.0. The number of amides is 3. The molecule has 1 fully saturated rings. The number of alkyl halides is 3. The first kappa shape index (κ1) is 44.3. The van der Waals surface area contributed by atoms with Gasteiger partial charge in [0.15, 0.2) is 0 Å². The molecule has 3 aromatic heterocycles. The SMILES string of the molecule is CC(C)(C)OC(=O)NCC1CCC(C(=O)N(C(=O)[C@@H](N)Cc2ccc(-c3ccc(Oc4cccnc4)nc3)cc2)c2ccc(-c3nn[nH]n3)cc2)CC1.O=C(O)C(F)(F)F. The van der Waals surface area contributed by atoms with Crippen molar-refractivity contribution in [2.24, 2.45) is 17.6 Å². The fourth-order valence-corrected chi connectivity index (χ4v) is 6.22. The van der Waals surface area contributed by atoms with Gasteiger partial charge in [-0.15, -0.1) is 10.2 Å². The van der Waals surface area contributed by atoms with E-state index in [1.807, 2.05) is 51.1 Å². The van der Waals surface area contributed by atoms with Gasteiger partial charge in [-0.05, 0) is 118 Å². The summed E-state index contributed by atoms with van der Waals surface area (Å²) in [5.74, 6) is -2.28. The van der Waals surface area contributed by atoms with Crippen LogP contribution < -0.4 is 20.7 Å². The van der Waals surface area contributed by atoms with Crippen LogP contribution >= 0.6 is 0 Å². The number of carbonyl (C=O) groups excluding carboxylic acids is 3. The number of pyridine rings is 2. The minimum atomic E-state index is -5.08. The first-order valence-corrected chi connectivity index (χ1v) is 18.8. The van der Waals surface area contributed by atoms with Gasteiger partial charge in [-0.25, -0.2) is 19.5 Å². The number of tetrazole rings is 1. The standard InChI is InChI=1S/C39H43N9O5.C2HF3O2/c1-39(2,3)53-38(51)43-22-26-8-12-29(13-9-26)36(49)48(31-17-14-28(15-18-31)35-44-46-47-45-35)37(50)33(40)21-25-6-10-27(11-7-25)30-16-19-34(42-23-30)52-32-5-4-20-41-24-32;3-2(4,5)1(6)7/h4-7,10-11,14-20,23-24,26,29,33H,8-9,12-13,21-22,40H2,1-3H3,(H,43,51)(H,44,45,46,47);(H,6,7)/t26?,29?,33-;/m0./s1. The number of hydrogen-bond donors (Lipinski definition) is 4. The zero-order valence-corrected chi connectivity index (χ0v) is 32.9. The number of aliphatic carboxylic acids is 1. The smallest absolute Gasteiger partial charge is 0.475 e. The summed E-state index contributed by atoms with van der Waals surface area (Å²) in [5.41, 5.74) is 9.75. The van der Waals surface area contributed by atoms with Gasteiger partial charge >= 0.3 is 18.2 Å². The average molecular weight is 832 g/mol. The lowest BCUT2D eigenvalue weighted by atomic mass is 9.81. The number of nitrogens with one attached hydrogen (secondary N) is 2. The predicted molar refractivity (Wildman–Crippen MR) is 211 cm³/mol. The summed E-state index contributed by atoms with van der Waals surface area (Å²) in [6.07, 6.45) is 2.30. The molecule has 60 heavy (non-hydrogen) atoms. The number of nitrogens with two attached hydrogens (primary N) is 1. The highest BCUT2D eigenvalue weighted by molar-refractivity contribution is 6.17. The van der Waals surface area contributed by atoms with Crippen molar-refractivity contribution in [2.75, 3.05) is 11.4 Å². The number of hydrogen-bond acceptors (Lipinski definition) is 12. The van der Waals surface area contributed by atoms with Crippen molar-refractivity contribution in [3.8, 4) is 34.1 Å². The average Bonchev–Trinajstić information content (AvgIpc) is 3.76. The lowest BCUT2D eigenvalue weighted by Crippen LogP contribution is -2.50. The van der Waals surface area contributed by atoms with Crippen LogP contribution in [0.1, 0.15) is 52.0 Å². The van der Waals surface area contributed by atoms with Crippen LogP contribution in [0.3, 0.4) is 0 Å². The summed E-state index contributed by atoms with van der Waals surface area (Å²) < 4.78 is 42.8. The maximum absolute atomic E-state index is 14.2. The number of aromatic nitrogens is 6. The van der Waals surface area contributed by atoms with Crippen LogP contribution in [-0.4, -0.2) is 83.9 Å². The Hall–Kier alpha value is -6.76. The van der Waals surface area contributed by atoms with Crippen molar-refractivity contribution < 1.29 is 46.9 Å². The molecule has 1 saturated carbocycles. The number of aromatic amines is 1. The molecule has 6 rings (SSSR count). The Morgan fingerprint density at radius 3 is 2.12 bits per heavy atom. The molecule has 5 N–H and O–H groups in total. The van der Waals surface area contributed by atoms with Crippen LogP contribution in [0.4, 0.5) is 23.7 Å². The van der Waals surface area contributed by atoms with E-state index < -0.39 is 35.8 Å². The van der Waals surface area contributed by atoms with Crippen molar-refractivity contribution in [1.29, 1.82) is 0 Å². The van der Waals surface area contributed by atoms with E-state index in [9.17, 15) is 27.6 Å². The first-order chi connectivity index (χ1) is 28.5. The molecule has 5 aromatic rings. The Morgan fingerprint density at radius 1 is 0.917 bits per heavy atom. The van der Waals surface area contributed by atoms with E-state index in [2.05, 4.69) is 35.9 Å². The molecule has 0 unspecified atom stereocenters. The molecule has 19 heteroatoms. The number of imide groups is 1. The number of anilines is 1. The number of halogens is 3. The zero-order chi connectivity index (χ0) is 43.5. The van der Waals surface area contributed by atoms with Crippen LogP contribution in [0.2, 0.25) is 0 Å². The highest BCUT2D eigenvalue weighted by atomic mass is 19.4. The normalized spacial score (nSPS) is 15.7. The van der Waals surface area contributed by atoms with Gasteiger partial charge in [-0.3, -0.25) is 14.6 Å². The third kappa shape index (κ3) is 12.9. The molecule has 16 nitrogen and oxygen atoms in total. The largest absolute Gasteiger partial charge is 0.490 e. The van der Waals surface area contributed by atoms with E-state index in [0.29, 0.717) is 48.1 Å². The van der Waals surface area contributed by atoms with E-state index in [1.54, 1.807) is 61.1 Å². The highest BCUT2D eigenvalue weighted by Crippen LogP contribution is 2.32. The number of carboxylic acid groups (broad SMARTS) is 1. The van der Waals surface area contributed by atoms with Crippen LogP contribution in [-0.2, 0) is 25.5 Å². The molecule has 0 bridgehead atoms. The molecular formula is C41H44F3N9O7. The van der Waals surface area contributed by atoms with E-state index >= 15 is 0 Å². The molecule has 3 amide bonds. The Balaban J connectivity index is 0.000000896. The number of ether oxygens (including phenoxy) is 2. The quantitative estimate of drug-likeness (QED) is 0.111. The maximum atomic E-state index is 14.2. The Bertz CT molecular complexity index is 2180. The molecule has 316 valence electrons. The number of H-pyrrole nitrogens is 1. The fraction of sp³-hybridized carbons (Fsp3) is 0.341. The van der Waals surface area contributed by atoms with Gasteiger partial charge in [-0.2, -0.15) is 18.4 Å². The van der Waals surface area contributed by atoms with Crippen molar-refractivity contribution >= 4 is 29.6 Å². The van der Waals surface area contributed by atoms with E-state index in [-0.39, 0.29) is 24.2 Å². The molecule has 0 spiro atoms. The Labute approximate surface area is 342 Å². The summed E-state index contributed by atoms with van der Waals surface area (Å²) in [5, 5.41) is 24.0. The molecule has 1 aliphatic rings. The van der Waals surface area contributed by atoms with Crippen LogP contribution in [0.5, 0.6) is 11.6 Å². The first-order valence-electron chi connectivity index (χ1n) is 18.8. The van der Waals surface area contributed by atoms with E-state index in [4.69, 9.17) is 25.1 Å². The molecular weight excluding hydrogens is 788 g/mol. The van der Waals surface area contributed by atoms with Crippen LogP contribution in [0.25, 0.3) is 22.5 Å². The van der Waals surface area contributed by atoms with Gasteiger partial charge < -0.3 is 25.6 Å². The van der Waals surface area contributed by atoms with Crippen molar-refractivity contribution in [3.05, 3.63) is 97.0 Å². The second-order valence-corrected chi connectivity index (χ2v) is 14.9. The lowest BCUT2D eigenvalue weighted by Gasteiger charge is -2.32. The fourth-order valence-electron chi connectivity index (χ4n) is 6.22. The molecule has 0 aliphatic heterocycles. The second kappa shape index (κ2) is 19.8. The molecule has 0 saturated heterocycles. The number of benzene rings is 2. The van der Waals surface area contributed by atoms with E-state index in [1.165, 1.54) is 4.90 Å². The second-order valence-electron chi connectivity index (χ2n) is 14.9. The van der Waals surface area contributed by atoms with Gasteiger partial charge in [-0.1, -0.05) is 24.3 Å². The van der Waals surface area contributed by atoms with Gasteiger partial charge in [0.2, 0.25) is 17.6 Å². The lowest BCUT2D eigenvalue weighted by molar-refractivity contribution is -0.192. The number of carbonyl (C=O) groups is 4. The minimum absolute atomic E-state index is 0.198. The molecule has 0 radical (unpaired) electrons. The summed E-state index contributed by atoms with van der Waals surface area (Å²) in [6, 6.07) is 20.9. The number of alkyl carbamates (subject to hydrolysis) is 1. The molecule has 1 atom stereocenters. The van der Waals surface area contributed by atoms with Crippen molar-refractivity contribution in [2.45, 2.75) is 70.7 Å². The molecule has 3 heterocycles. The molecule has 2 aromatic carbocycles. The van der Waals surface area contributed by atoms with E-state index in [0.717, 1.165) is 29.5 Å². The predicted octanol–water partition coefficient (Wildman–Crippen LogP) is 6.51. The minimum Gasteiger partial charge on any atom is -0.475 e. The summed E-state index contributed by atoms with van der Waals surface area (Å²) >= 11 is 0. The number of carboxylic acids is 1. The maximum Gasteiger partial charge on any atom is 0.490 e. The monoisotopic (exact) mass is 831 g/mol. The summed E-state index contributed by atoms with van der Waals surface area (Å²) in [6.45, 7) is 5.91. The van der Waals surface area contributed by atoms with Gasteiger partial charge in [0.1, 0.15) is 11.4 Å². The van der Waals surface area contributed by atoms with Gasteiger partial charge in [0, 0.05) is 42.0 Å². The van der Waals surface area contributed by atoms with Crippen LogP contribution in [0, 0.1) is 11.8 Å². The third-order valence-electron chi connectivity index (χ3n) is 9.20. The Kier molecular flexibility index (Phi) is 14.6. The number of nitrogens with zero attached hydrogens (tertiary/aromatic N) is 6. The topological polar surface area (TPSA) is 228 Å². The Morgan fingerprint density at radius 2 is 1.57 bits per heavy atom.